The van der Waals surface area contributed by atoms with Gasteiger partial charge in [-0.3, -0.25) is 0 Å². The summed E-state index contributed by atoms with van der Waals surface area (Å²) in [7, 11) is 0. The first-order valence-electron chi connectivity index (χ1n) is 7.99. The van der Waals surface area contributed by atoms with Crippen molar-refractivity contribution in [3.63, 3.8) is 0 Å². The molecule has 112 valence electrons. The van der Waals surface area contributed by atoms with Crippen molar-refractivity contribution in [2.75, 3.05) is 0 Å². The number of pyridine rings is 1. The Morgan fingerprint density at radius 1 is 1.25 bits per heavy atom. The van der Waals surface area contributed by atoms with E-state index in [1.165, 1.54) is 6.42 Å². The van der Waals surface area contributed by atoms with Crippen LogP contribution in [0.15, 0.2) is 12.1 Å². The van der Waals surface area contributed by atoms with Gasteiger partial charge in [-0.25, -0.2) is 4.98 Å². The van der Waals surface area contributed by atoms with E-state index in [-0.39, 0.29) is 0 Å². The zero-order valence-electron chi connectivity index (χ0n) is 13.1. The predicted molar refractivity (Wildman–Crippen MR) is 82.7 cm³/mol. The van der Waals surface area contributed by atoms with Gasteiger partial charge in [-0.05, 0) is 49.1 Å². The van der Waals surface area contributed by atoms with E-state index in [4.69, 9.17) is 10.5 Å². The molecule has 2 N–H and O–H groups in total. The monoisotopic (exact) mass is 276 g/mol. The minimum absolute atomic E-state index is 0.316. The molecule has 1 saturated carbocycles. The standard InChI is InChI=1S/C17H28N2O/c1-4-5-15-9-14(11-18)10-17(19-15)20-16-7-6-12(2)13(3)8-16/h9-10,12-13,16H,4-8,11,18H2,1-3H3. The van der Waals surface area contributed by atoms with Crippen LogP contribution >= 0.6 is 0 Å². The van der Waals surface area contributed by atoms with Crippen molar-refractivity contribution in [2.24, 2.45) is 17.6 Å². The average Bonchev–Trinajstić information content (AvgIpc) is 2.43. The van der Waals surface area contributed by atoms with Crippen LogP contribution in [-0.4, -0.2) is 11.1 Å². The Labute approximate surface area is 122 Å². The highest BCUT2D eigenvalue weighted by molar-refractivity contribution is 5.25. The van der Waals surface area contributed by atoms with Crippen LogP contribution in [0.5, 0.6) is 5.88 Å². The summed E-state index contributed by atoms with van der Waals surface area (Å²) in [5.41, 5.74) is 7.99. The van der Waals surface area contributed by atoms with E-state index in [1.54, 1.807) is 0 Å². The average molecular weight is 276 g/mol. The third kappa shape index (κ3) is 3.95. The molecule has 0 bridgehead atoms. The molecule has 1 aromatic rings. The lowest BCUT2D eigenvalue weighted by molar-refractivity contribution is 0.0962. The van der Waals surface area contributed by atoms with Crippen molar-refractivity contribution >= 4 is 0 Å². The third-order valence-corrected chi connectivity index (χ3v) is 4.49. The molecule has 20 heavy (non-hydrogen) atoms. The van der Waals surface area contributed by atoms with Crippen molar-refractivity contribution in [3.05, 3.63) is 23.4 Å². The lowest BCUT2D eigenvalue weighted by Gasteiger charge is -2.32. The molecule has 1 aromatic heterocycles. The molecule has 0 radical (unpaired) electrons. The Balaban J connectivity index is 2.06. The van der Waals surface area contributed by atoms with E-state index in [2.05, 4.69) is 31.8 Å². The first-order chi connectivity index (χ1) is 9.62. The van der Waals surface area contributed by atoms with Gasteiger partial charge in [-0.1, -0.05) is 27.2 Å². The van der Waals surface area contributed by atoms with E-state index in [1.807, 2.05) is 6.07 Å². The molecule has 0 amide bonds. The topological polar surface area (TPSA) is 48.1 Å². The number of nitrogens with zero attached hydrogens (tertiary/aromatic N) is 1. The minimum Gasteiger partial charge on any atom is -0.474 e. The van der Waals surface area contributed by atoms with Gasteiger partial charge >= 0.3 is 0 Å². The molecule has 0 aliphatic heterocycles. The first kappa shape index (κ1) is 15.3. The predicted octanol–water partition coefficient (Wildman–Crippen LogP) is 3.70. The first-order valence-corrected chi connectivity index (χ1v) is 7.99. The summed E-state index contributed by atoms with van der Waals surface area (Å²) in [6.07, 6.45) is 5.93. The Kier molecular flexibility index (Phi) is 5.41. The van der Waals surface area contributed by atoms with Crippen LogP contribution in [0.2, 0.25) is 0 Å². The molecular formula is C17H28N2O. The summed E-state index contributed by atoms with van der Waals surface area (Å²) >= 11 is 0. The van der Waals surface area contributed by atoms with Crippen molar-refractivity contribution in [1.82, 2.24) is 4.98 Å². The van der Waals surface area contributed by atoms with Crippen LogP contribution in [0.4, 0.5) is 0 Å². The van der Waals surface area contributed by atoms with Crippen LogP contribution in [0, 0.1) is 11.8 Å². The lowest BCUT2D eigenvalue weighted by atomic mass is 9.80. The molecule has 3 heteroatoms. The molecule has 1 aliphatic rings. The highest BCUT2D eigenvalue weighted by atomic mass is 16.5. The quantitative estimate of drug-likeness (QED) is 0.892. The number of hydrogen-bond donors (Lipinski definition) is 1. The number of aryl methyl sites for hydroxylation is 1. The third-order valence-electron chi connectivity index (χ3n) is 4.49. The molecule has 0 saturated heterocycles. The van der Waals surface area contributed by atoms with Crippen LogP contribution < -0.4 is 10.5 Å². The Hall–Kier alpha value is -1.09. The molecule has 2 rings (SSSR count). The number of hydrogen-bond acceptors (Lipinski definition) is 3. The van der Waals surface area contributed by atoms with E-state index in [9.17, 15) is 0 Å². The Bertz CT molecular complexity index is 433. The van der Waals surface area contributed by atoms with Crippen molar-refractivity contribution in [3.8, 4) is 5.88 Å². The Morgan fingerprint density at radius 3 is 2.70 bits per heavy atom. The fraction of sp³-hybridized carbons (Fsp3) is 0.706. The maximum Gasteiger partial charge on any atom is 0.214 e. The number of aromatic nitrogens is 1. The second-order valence-corrected chi connectivity index (χ2v) is 6.27. The van der Waals surface area contributed by atoms with Crippen LogP contribution in [0.25, 0.3) is 0 Å². The zero-order valence-corrected chi connectivity index (χ0v) is 13.1. The highest BCUT2D eigenvalue weighted by Crippen LogP contribution is 2.31. The van der Waals surface area contributed by atoms with Gasteiger partial charge in [0.05, 0.1) is 0 Å². The molecule has 3 nitrogen and oxygen atoms in total. The Morgan fingerprint density at radius 2 is 2.05 bits per heavy atom. The van der Waals surface area contributed by atoms with Gasteiger partial charge in [0.25, 0.3) is 0 Å². The molecular weight excluding hydrogens is 248 g/mol. The fourth-order valence-corrected chi connectivity index (χ4v) is 2.96. The van der Waals surface area contributed by atoms with Gasteiger partial charge in [-0.2, -0.15) is 0 Å². The molecule has 0 aromatic carbocycles. The minimum atomic E-state index is 0.316. The van der Waals surface area contributed by atoms with Crippen LogP contribution in [0.1, 0.15) is 57.7 Å². The second-order valence-electron chi connectivity index (χ2n) is 6.27. The molecule has 1 aliphatic carbocycles. The van der Waals surface area contributed by atoms with Gasteiger partial charge in [0.2, 0.25) is 5.88 Å². The van der Waals surface area contributed by atoms with Gasteiger partial charge < -0.3 is 10.5 Å². The molecule has 3 unspecified atom stereocenters. The van der Waals surface area contributed by atoms with Crippen molar-refractivity contribution in [2.45, 2.75) is 65.5 Å². The maximum absolute atomic E-state index is 6.14. The fourth-order valence-electron chi connectivity index (χ4n) is 2.96. The van der Waals surface area contributed by atoms with Crippen LogP contribution in [0.3, 0.4) is 0 Å². The summed E-state index contributed by atoms with van der Waals surface area (Å²) < 4.78 is 6.14. The van der Waals surface area contributed by atoms with Crippen molar-refractivity contribution in [1.29, 1.82) is 0 Å². The van der Waals surface area contributed by atoms with E-state index < -0.39 is 0 Å². The largest absolute Gasteiger partial charge is 0.474 e. The number of nitrogens with two attached hydrogens (primary N) is 1. The number of rotatable bonds is 5. The molecule has 0 spiro atoms. The molecule has 1 heterocycles. The van der Waals surface area contributed by atoms with Crippen molar-refractivity contribution < 1.29 is 4.74 Å². The maximum atomic E-state index is 6.14. The zero-order chi connectivity index (χ0) is 14.5. The van der Waals surface area contributed by atoms with Gasteiger partial charge in [-0.15, -0.1) is 0 Å². The smallest absolute Gasteiger partial charge is 0.214 e. The van der Waals surface area contributed by atoms with Gasteiger partial charge in [0.15, 0.2) is 0 Å². The van der Waals surface area contributed by atoms with E-state index in [0.29, 0.717) is 12.6 Å². The summed E-state index contributed by atoms with van der Waals surface area (Å²) in [6, 6.07) is 4.10. The molecule has 1 fully saturated rings. The van der Waals surface area contributed by atoms with Gasteiger partial charge in [0, 0.05) is 18.3 Å². The molecule has 3 atom stereocenters. The normalized spacial score (nSPS) is 26.5. The van der Waals surface area contributed by atoms with Gasteiger partial charge in [0.1, 0.15) is 6.10 Å². The second kappa shape index (κ2) is 7.07. The highest BCUT2D eigenvalue weighted by Gasteiger charge is 2.26. The lowest BCUT2D eigenvalue weighted by Crippen LogP contribution is -2.29. The summed E-state index contributed by atoms with van der Waals surface area (Å²) in [6.45, 7) is 7.38. The SMILES string of the molecule is CCCc1cc(CN)cc(OC2CCC(C)C(C)C2)n1. The van der Waals surface area contributed by atoms with E-state index >= 15 is 0 Å². The summed E-state index contributed by atoms with van der Waals surface area (Å²) in [4.78, 5) is 4.63. The summed E-state index contributed by atoms with van der Waals surface area (Å²) in [5, 5.41) is 0. The number of ether oxygens (including phenoxy) is 1. The van der Waals surface area contributed by atoms with E-state index in [0.717, 1.165) is 54.7 Å². The van der Waals surface area contributed by atoms with Crippen LogP contribution in [-0.2, 0) is 13.0 Å². The summed E-state index contributed by atoms with van der Waals surface area (Å²) in [5.74, 6) is 2.32.